The van der Waals surface area contributed by atoms with Crippen molar-refractivity contribution in [3.05, 3.63) is 65.0 Å². The molecule has 0 spiro atoms. The Hall–Kier alpha value is -3.52. The molecular weight excluding hydrogens is 401 g/mol. The molecule has 0 aliphatic heterocycles. The highest BCUT2D eigenvalue weighted by Gasteiger charge is 2.17. The normalized spacial score (nSPS) is 10.9. The Balaban J connectivity index is 1.57. The zero-order chi connectivity index (χ0) is 21.3. The number of nitrogens with one attached hydrogen (secondary N) is 2. The number of nitrogen functional groups attached to an aromatic ring is 1. The molecule has 6 nitrogen and oxygen atoms in total. The summed E-state index contributed by atoms with van der Waals surface area (Å²) in [5.74, 6) is -0.0324. The molecule has 30 heavy (non-hydrogen) atoms. The molecule has 0 unspecified atom stereocenters. The fourth-order valence-corrected chi connectivity index (χ4v) is 4.40. The molecule has 0 bridgehead atoms. The van der Waals surface area contributed by atoms with Gasteiger partial charge in [0.1, 0.15) is 22.8 Å². The smallest absolute Gasteiger partial charge is 0.323 e. The average Bonchev–Trinajstić information content (AvgIpc) is 3.11. The first-order valence-corrected chi connectivity index (χ1v) is 10.2. The lowest BCUT2D eigenvalue weighted by atomic mass is 10.0. The summed E-state index contributed by atoms with van der Waals surface area (Å²) in [6.45, 7) is 3.92. The van der Waals surface area contributed by atoms with Gasteiger partial charge in [-0.1, -0.05) is 25.1 Å². The second-order valence-electron chi connectivity index (χ2n) is 6.83. The van der Waals surface area contributed by atoms with E-state index in [0.717, 1.165) is 33.3 Å². The lowest BCUT2D eigenvalue weighted by molar-refractivity contribution is 0.262. The molecule has 2 amide bonds. The molecule has 0 saturated carbocycles. The summed E-state index contributed by atoms with van der Waals surface area (Å²) in [7, 11) is 0. The van der Waals surface area contributed by atoms with Crippen LogP contribution in [0.15, 0.2) is 48.8 Å². The molecule has 4 aromatic rings. The Bertz CT molecular complexity index is 1240. The van der Waals surface area contributed by atoms with Crippen molar-refractivity contribution in [3.63, 3.8) is 0 Å². The number of aryl methyl sites for hydroxylation is 2. The second kappa shape index (κ2) is 8.08. The van der Waals surface area contributed by atoms with E-state index in [1.165, 1.54) is 17.3 Å². The third-order valence-corrected chi connectivity index (χ3v) is 5.96. The van der Waals surface area contributed by atoms with E-state index in [-0.39, 0.29) is 5.69 Å². The molecule has 0 saturated heterocycles. The van der Waals surface area contributed by atoms with E-state index in [9.17, 15) is 9.18 Å². The van der Waals surface area contributed by atoms with E-state index in [1.807, 2.05) is 19.1 Å². The highest BCUT2D eigenvalue weighted by Crippen LogP contribution is 2.40. The second-order valence-corrected chi connectivity index (χ2v) is 7.92. The SMILES string of the molecule is CCc1sc2ncnc(N)c2c1-c1ccc(NC(=O)Nc2cc(C)ccc2F)cc1. The number of anilines is 3. The Labute approximate surface area is 177 Å². The van der Waals surface area contributed by atoms with Crippen LogP contribution >= 0.6 is 11.3 Å². The molecule has 0 radical (unpaired) electrons. The molecule has 4 N–H and O–H groups in total. The molecule has 152 valence electrons. The topological polar surface area (TPSA) is 92.9 Å². The van der Waals surface area contributed by atoms with Gasteiger partial charge in [0.15, 0.2) is 0 Å². The van der Waals surface area contributed by atoms with Crippen LogP contribution in [0, 0.1) is 12.7 Å². The summed E-state index contributed by atoms with van der Waals surface area (Å²) in [5, 5.41) is 6.11. The zero-order valence-corrected chi connectivity index (χ0v) is 17.3. The fraction of sp³-hybridized carbons (Fsp3) is 0.136. The quantitative estimate of drug-likeness (QED) is 0.400. The van der Waals surface area contributed by atoms with E-state index >= 15 is 0 Å². The van der Waals surface area contributed by atoms with Crippen molar-refractivity contribution in [3.8, 4) is 11.1 Å². The first-order chi connectivity index (χ1) is 14.5. The van der Waals surface area contributed by atoms with Crippen molar-refractivity contribution in [2.24, 2.45) is 0 Å². The molecule has 0 aliphatic carbocycles. The van der Waals surface area contributed by atoms with Gasteiger partial charge in [-0.25, -0.2) is 19.2 Å². The van der Waals surface area contributed by atoms with Crippen LogP contribution in [0.2, 0.25) is 0 Å². The van der Waals surface area contributed by atoms with Gasteiger partial charge >= 0.3 is 6.03 Å². The first kappa shape index (κ1) is 19.8. The van der Waals surface area contributed by atoms with Crippen molar-refractivity contribution in [2.75, 3.05) is 16.4 Å². The maximum atomic E-state index is 13.8. The summed E-state index contributed by atoms with van der Waals surface area (Å²) < 4.78 is 13.8. The monoisotopic (exact) mass is 421 g/mol. The van der Waals surface area contributed by atoms with Gasteiger partial charge in [-0.2, -0.15) is 0 Å². The van der Waals surface area contributed by atoms with Gasteiger partial charge in [-0.3, -0.25) is 0 Å². The minimum Gasteiger partial charge on any atom is -0.383 e. The summed E-state index contributed by atoms with van der Waals surface area (Å²) in [6.07, 6.45) is 2.32. The molecule has 4 rings (SSSR count). The van der Waals surface area contributed by atoms with Gasteiger partial charge in [0, 0.05) is 16.1 Å². The number of hydrogen-bond donors (Lipinski definition) is 3. The van der Waals surface area contributed by atoms with Gasteiger partial charge in [0.25, 0.3) is 0 Å². The van der Waals surface area contributed by atoms with Crippen LogP contribution in [0.5, 0.6) is 0 Å². The van der Waals surface area contributed by atoms with Gasteiger partial charge in [-0.05, 0) is 48.7 Å². The van der Waals surface area contributed by atoms with Crippen molar-refractivity contribution in [1.29, 1.82) is 0 Å². The van der Waals surface area contributed by atoms with Gasteiger partial charge in [0.05, 0.1) is 11.1 Å². The molecule has 8 heteroatoms. The number of amides is 2. The van der Waals surface area contributed by atoms with Crippen molar-refractivity contribution < 1.29 is 9.18 Å². The van der Waals surface area contributed by atoms with Gasteiger partial charge in [-0.15, -0.1) is 11.3 Å². The van der Waals surface area contributed by atoms with Crippen LogP contribution in [-0.2, 0) is 6.42 Å². The van der Waals surface area contributed by atoms with E-state index < -0.39 is 11.8 Å². The van der Waals surface area contributed by atoms with E-state index in [0.29, 0.717) is 11.5 Å². The number of carbonyl (C=O) groups is 1. The van der Waals surface area contributed by atoms with Crippen LogP contribution in [0.25, 0.3) is 21.3 Å². The van der Waals surface area contributed by atoms with Crippen LogP contribution in [0.1, 0.15) is 17.4 Å². The van der Waals surface area contributed by atoms with Crippen LogP contribution in [-0.4, -0.2) is 16.0 Å². The summed E-state index contributed by atoms with van der Waals surface area (Å²) in [6, 6.07) is 11.5. The van der Waals surface area contributed by atoms with Crippen molar-refractivity contribution in [2.45, 2.75) is 20.3 Å². The predicted octanol–water partition coefficient (Wildman–Crippen LogP) is 5.59. The Morgan fingerprint density at radius 3 is 2.63 bits per heavy atom. The van der Waals surface area contributed by atoms with Gasteiger partial charge in [0.2, 0.25) is 0 Å². The maximum absolute atomic E-state index is 13.8. The highest BCUT2D eigenvalue weighted by molar-refractivity contribution is 7.19. The fourth-order valence-electron chi connectivity index (χ4n) is 3.30. The average molecular weight is 422 g/mol. The molecular formula is C22H20FN5OS. The number of hydrogen-bond acceptors (Lipinski definition) is 5. The lowest BCUT2D eigenvalue weighted by Crippen LogP contribution is -2.20. The van der Waals surface area contributed by atoms with E-state index in [1.54, 1.807) is 35.6 Å². The van der Waals surface area contributed by atoms with Crippen LogP contribution < -0.4 is 16.4 Å². The van der Waals surface area contributed by atoms with Crippen molar-refractivity contribution >= 4 is 44.8 Å². The van der Waals surface area contributed by atoms with Gasteiger partial charge < -0.3 is 16.4 Å². The Morgan fingerprint density at radius 2 is 1.90 bits per heavy atom. The first-order valence-electron chi connectivity index (χ1n) is 9.42. The zero-order valence-electron chi connectivity index (χ0n) is 16.5. The van der Waals surface area contributed by atoms with Crippen LogP contribution in [0.4, 0.5) is 26.4 Å². The molecule has 0 fully saturated rings. The van der Waals surface area contributed by atoms with Crippen molar-refractivity contribution in [1.82, 2.24) is 9.97 Å². The van der Waals surface area contributed by atoms with Crippen LogP contribution in [0.3, 0.4) is 0 Å². The number of halogens is 1. The summed E-state index contributed by atoms with van der Waals surface area (Å²) >= 11 is 1.61. The largest absolute Gasteiger partial charge is 0.383 e. The standard InChI is InChI=1S/C22H20FN5OS/c1-3-17-18(19-20(24)25-11-26-21(19)30-17)13-5-7-14(8-6-13)27-22(29)28-16-10-12(2)4-9-15(16)23/h4-11H,3H2,1-2H3,(H2,24,25,26)(H2,27,28,29). The number of nitrogens with two attached hydrogens (primary N) is 1. The third kappa shape index (κ3) is 3.81. The molecule has 2 aromatic carbocycles. The number of nitrogens with zero attached hydrogens (tertiary/aromatic N) is 2. The molecule has 2 heterocycles. The maximum Gasteiger partial charge on any atom is 0.323 e. The number of carbonyl (C=O) groups excluding carboxylic acids is 1. The summed E-state index contributed by atoms with van der Waals surface area (Å²) in [5.41, 5.74) is 9.68. The number of aromatic nitrogens is 2. The lowest BCUT2D eigenvalue weighted by Gasteiger charge is -2.10. The Kier molecular flexibility index (Phi) is 5.33. The third-order valence-electron chi connectivity index (χ3n) is 4.71. The molecule has 2 aromatic heterocycles. The number of urea groups is 1. The highest BCUT2D eigenvalue weighted by atomic mass is 32.1. The molecule has 0 atom stereocenters. The number of rotatable bonds is 4. The predicted molar refractivity (Wildman–Crippen MR) is 120 cm³/mol. The minimum atomic E-state index is -0.514. The number of thiophene rings is 1. The van der Waals surface area contributed by atoms with E-state index in [2.05, 4.69) is 27.5 Å². The summed E-state index contributed by atoms with van der Waals surface area (Å²) in [4.78, 5) is 22.8. The van der Waals surface area contributed by atoms with E-state index in [4.69, 9.17) is 5.73 Å². The molecule has 0 aliphatic rings. The number of benzene rings is 2. The minimum absolute atomic E-state index is 0.136. The Morgan fingerprint density at radius 1 is 1.13 bits per heavy atom. The number of fused-ring (bicyclic) bond motifs is 1.